The summed E-state index contributed by atoms with van der Waals surface area (Å²) in [5.41, 5.74) is 1.30. The molecule has 0 unspecified atom stereocenters. The molecule has 148 valence electrons. The average Bonchev–Trinajstić information content (AvgIpc) is 3.14. The fourth-order valence-corrected chi connectivity index (χ4v) is 2.56. The molecule has 1 amide bonds. The number of ether oxygens (including phenoxy) is 2. The van der Waals surface area contributed by atoms with E-state index in [1.54, 1.807) is 19.2 Å². The van der Waals surface area contributed by atoms with Gasteiger partial charge in [-0.05, 0) is 30.7 Å². The van der Waals surface area contributed by atoms with Crippen molar-refractivity contribution < 1.29 is 23.2 Å². The molecule has 0 aliphatic carbocycles. The lowest BCUT2D eigenvalue weighted by Crippen LogP contribution is -2.30. The number of benzene rings is 1. The zero-order chi connectivity index (χ0) is 19.9. The standard InChI is InChI=1S/C19H21FN4O4/c1-3-14-22-18(27-11-15(25)21-9-4-10-26-2)16-17(24-28-19(16)23-14)12-5-7-13(20)8-6-12/h5-8H,3-4,9-11H2,1-2H3,(H,21,25). The minimum Gasteiger partial charge on any atom is -0.467 e. The van der Waals surface area contributed by atoms with Gasteiger partial charge in [0.1, 0.15) is 22.7 Å². The van der Waals surface area contributed by atoms with E-state index in [1.807, 2.05) is 6.92 Å². The van der Waals surface area contributed by atoms with Crippen molar-refractivity contribution in [1.29, 1.82) is 0 Å². The molecular weight excluding hydrogens is 367 g/mol. The van der Waals surface area contributed by atoms with Crippen LogP contribution in [0.5, 0.6) is 5.88 Å². The molecule has 1 N–H and O–H groups in total. The summed E-state index contributed by atoms with van der Waals surface area (Å²) < 4.78 is 29.2. The monoisotopic (exact) mass is 388 g/mol. The van der Waals surface area contributed by atoms with Gasteiger partial charge in [-0.15, -0.1) is 0 Å². The number of rotatable bonds is 9. The minimum atomic E-state index is -0.359. The third-order valence-corrected chi connectivity index (χ3v) is 3.97. The molecule has 0 radical (unpaired) electrons. The summed E-state index contributed by atoms with van der Waals surface area (Å²) in [6.07, 6.45) is 1.27. The van der Waals surface area contributed by atoms with Crippen LogP contribution >= 0.6 is 0 Å². The number of aromatic nitrogens is 3. The predicted molar refractivity (Wildman–Crippen MR) is 99.4 cm³/mol. The smallest absolute Gasteiger partial charge is 0.265 e. The zero-order valence-electron chi connectivity index (χ0n) is 15.7. The Morgan fingerprint density at radius 1 is 1.25 bits per heavy atom. The number of aryl methyl sites for hydroxylation is 1. The molecule has 2 aromatic heterocycles. The highest BCUT2D eigenvalue weighted by molar-refractivity contribution is 5.93. The summed E-state index contributed by atoms with van der Waals surface area (Å²) in [4.78, 5) is 20.7. The summed E-state index contributed by atoms with van der Waals surface area (Å²) >= 11 is 0. The largest absolute Gasteiger partial charge is 0.467 e. The maximum atomic E-state index is 13.2. The highest BCUT2D eigenvalue weighted by Crippen LogP contribution is 2.33. The average molecular weight is 388 g/mol. The Kier molecular flexibility index (Phi) is 6.49. The van der Waals surface area contributed by atoms with Crippen molar-refractivity contribution in [3.63, 3.8) is 0 Å². The van der Waals surface area contributed by atoms with Crippen molar-refractivity contribution in [2.75, 3.05) is 26.9 Å². The molecule has 28 heavy (non-hydrogen) atoms. The van der Waals surface area contributed by atoms with E-state index in [4.69, 9.17) is 14.0 Å². The lowest BCUT2D eigenvalue weighted by molar-refractivity contribution is -0.123. The Morgan fingerprint density at radius 3 is 2.75 bits per heavy atom. The van der Waals surface area contributed by atoms with E-state index in [0.717, 1.165) is 0 Å². The van der Waals surface area contributed by atoms with Gasteiger partial charge < -0.3 is 19.3 Å². The van der Waals surface area contributed by atoms with Crippen LogP contribution in [0.4, 0.5) is 4.39 Å². The number of halogens is 1. The van der Waals surface area contributed by atoms with Crippen molar-refractivity contribution in [2.24, 2.45) is 0 Å². The fourth-order valence-electron chi connectivity index (χ4n) is 2.56. The zero-order valence-corrected chi connectivity index (χ0v) is 15.7. The van der Waals surface area contributed by atoms with Gasteiger partial charge in [0, 0.05) is 32.2 Å². The molecule has 3 rings (SSSR count). The van der Waals surface area contributed by atoms with Crippen LogP contribution < -0.4 is 10.1 Å². The van der Waals surface area contributed by atoms with E-state index in [-0.39, 0.29) is 29.9 Å². The van der Waals surface area contributed by atoms with E-state index in [0.29, 0.717) is 48.5 Å². The molecule has 0 saturated heterocycles. The van der Waals surface area contributed by atoms with Crippen molar-refractivity contribution in [2.45, 2.75) is 19.8 Å². The maximum Gasteiger partial charge on any atom is 0.265 e. The third-order valence-electron chi connectivity index (χ3n) is 3.97. The van der Waals surface area contributed by atoms with Gasteiger partial charge in [0.15, 0.2) is 6.61 Å². The molecule has 0 saturated carbocycles. The van der Waals surface area contributed by atoms with E-state index in [9.17, 15) is 9.18 Å². The first-order valence-electron chi connectivity index (χ1n) is 8.93. The molecule has 0 spiro atoms. The SMILES string of the molecule is CCc1nc(OCC(=O)NCCCOC)c2c(-c3ccc(F)cc3)noc2n1. The van der Waals surface area contributed by atoms with Crippen molar-refractivity contribution in [3.05, 3.63) is 35.9 Å². The molecule has 8 nitrogen and oxygen atoms in total. The van der Waals surface area contributed by atoms with Crippen LogP contribution in [0.2, 0.25) is 0 Å². The first-order chi connectivity index (χ1) is 13.6. The van der Waals surface area contributed by atoms with Gasteiger partial charge in [-0.3, -0.25) is 4.79 Å². The highest BCUT2D eigenvalue weighted by atomic mass is 19.1. The van der Waals surface area contributed by atoms with E-state index >= 15 is 0 Å². The van der Waals surface area contributed by atoms with E-state index in [1.165, 1.54) is 12.1 Å². The lowest BCUT2D eigenvalue weighted by atomic mass is 10.1. The number of fused-ring (bicyclic) bond motifs is 1. The Morgan fingerprint density at radius 2 is 2.04 bits per heavy atom. The van der Waals surface area contributed by atoms with Crippen LogP contribution in [0.3, 0.4) is 0 Å². The van der Waals surface area contributed by atoms with Crippen LogP contribution in [-0.4, -0.2) is 47.9 Å². The van der Waals surface area contributed by atoms with Crippen molar-refractivity contribution in [3.8, 4) is 17.1 Å². The topological polar surface area (TPSA) is 99.4 Å². The second kappa shape index (κ2) is 9.23. The summed E-state index contributed by atoms with van der Waals surface area (Å²) in [7, 11) is 1.61. The highest BCUT2D eigenvalue weighted by Gasteiger charge is 2.20. The predicted octanol–water partition coefficient (Wildman–Crippen LogP) is 2.52. The van der Waals surface area contributed by atoms with E-state index < -0.39 is 0 Å². The first-order valence-corrected chi connectivity index (χ1v) is 8.93. The first kappa shape index (κ1) is 19.7. The van der Waals surface area contributed by atoms with Gasteiger partial charge in [-0.2, -0.15) is 9.97 Å². The number of carbonyl (C=O) groups excluding carboxylic acids is 1. The van der Waals surface area contributed by atoms with Crippen molar-refractivity contribution >= 4 is 17.0 Å². The summed E-state index contributed by atoms with van der Waals surface area (Å²) in [6, 6.07) is 5.80. The Balaban J connectivity index is 1.84. The summed E-state index contributed by atoms with van der Waals surface area (Å²) in [5, 5.41) is 7.22. The number of nitrogens with zero attached hydrogens (tertiary/aromatic N) is 3. The number of carbonyl (C=O) groups is 1. The molecule has 0 atom stereocenters. The normalized spacial score (nSPS) is 11.0. The number of hydrogen-bond donors (Lipinski definition) is 1. The molecule has 0 aliphatic rings. The van der Waals surface area contributed by atoms with Crippen molar-refractivity contribution in [1.82, 2.24) is 20.4 Å². The van der Waals surface area contributed by atoms with Gasteiger partial charge in [-0.1, -0.05) is 12.1 Å². The van der Waals surface area contributed by atoms with Gasteiger partial charge in [0.25, 0.3) is 11.6 Å². The van der Waals surface area contributed by atoms with Gasteiger partial charge >= 0.3 is 0 Å². The Hall–Kier alpha value is -3.07. The molecule has 3 aromatic rings. The molecule has 9 heteroatoms. The lowest BCUT2D eigenvalue weighted by Gasteiger charge is -2.09. The summed E-state index contributed by atoms with van der Waals surface area (Å²) in [5.74, 6) is 0.0719. The van der Waals surface area contributed by atoms with Gasteiger partial charge in [0.2, 0.25) is 5.88 Å². The number of hydrogen-bond acceptors (Lipinski definition) is 7. The second-order valence-electron chi connectivity index (χ2n) is 6.00. The van der Waals surface area contributed by atoms with Gasteiger partial charge in [-0.25, -0.2) is 4.39 Å². The third kappa shape index (κ3) is 4.61. The molecule has 1 aromatic carbocycles. The van der Waals surface area contributed by atoms with Gasteiger partial charge in [0.05, 0.1) is 0 Å². The quantitative estimate of drug-likeness (QED) is 0.562. The Bertz CT molecular complexity index is 943. The maximum absolute atomic E-state index is 13.2. The number of methoxy groups -OCH3 is 1. The van der Waals surface area contributed by atoms with Crippen LogP contribution in [0, 0.1) is 5.82 Å². The second-order valence-corrected chi connectivity index (χ2v) is 6.00. The Labute approximate surface area is 161 Å². The van der Waals surface area contributed by atoms with E-state index in [2.05, 4.69) is 20.4 Å². The summed E-state index contributed by atoms with van der Waals surface area (Å²) in [6.45, 7) is 2.74. The van der Waals surface area contributed by atoms with Crippen LogP contribution in [-0.2, 0) is 16.0 Å². The fraction of sp³-hybridized carbons (Fsp3) is 0.368. The molecule has 0 fully saturated rings. The van der Waals surface area contributed by atoms with Crippen LogP contribution in [0.15, 0.2) is 28.8 Å². The molecule has 2 heterocycles. The number of amides is 1. The number of nitrogens with one attached hydrogen (secondary N) is 1. The molecular formula is C19H21FN4O4. The minimum absolute atomic E-state index is 0.203. The van der Waals surface area contributed by atoms with Crippen LogP contribution in [0.25, 0.3) is 22.4 Å². The molecule has 0 bridgehead atoms. The molecule has 0 aliphatic heterocycles. The van der Waals surface area contributed by atoms with Crippen LogP contribution in [0.1, 0.15) is 19.2 Å².